The summed E-state index contributed by atoms with van der Waals surface area (Å²) in [6, 6.07) is 14.9. The molecule has 1 aliphatic carbocycles. The lowest BCUT2D eigenvalue weighted by Crippen LogP contribution is -2.55. The van der Waals surface area contributed by atoms with Crippen molar-refractivity contribution in [3.63, 3.8) is 0 Å². The maximum atomic E-state index is 6.68. The number of benzene rings is 2. The first-order valence-electron chi connectivity index (χ1n) is 9.96. The van der Waals surface area contributed by atoms with E-state index in [-0.39, 0.29) is 11.8 Å². The van der Waals surface area contributed by atoms with Crippen molar-refractivity contribution in [3.8, 4) is 5.75 Å². The minimum absolute atomic E-state index is 0.257. The Kier molecular flexibility index (Phi) is 3.98. The van der Waals surface area contributed by atoms with E-state index in [2.05, 4.69) is 49.2 Å². The smallest absolute Gasteiger partial charge is 0.198 e. The van der Waals surface area contributed by atoms with Gasteiger partial charge in [-0.05, 0) is 49.4 Å². The zero-order valence-corrected chi connectivity index (χ0v) is 16.7. The van der Waals surface area contributed by atoms with Gasteiger partial charge in [0, 0.05) is 29.8 Å². The number of nitrogens with zero attached hydrogens (tertiary/aromatic N) is 2. The average Bonchev–Trinajstić information content (AvgIpc) is 3.12. The second kappa shape index (κ2) is 6.27. The predicted molar refractivity (Wildman–Crippen MR) is 109 cm³/mol. The Morgan fingerprint density at radius 3 is 2.59 bits per heavy atom. The van der Waals surface area contributed by atoms with Gasteiger partial charge >= 0.3 is 0 Å². The zero-order chi connectivity index (χ0) is 18.6. The van der Waals surface area contributed by atoms with Gasteiger partial charge in [-0.3, -0.25) is 0 Å². The SMILES string of the molecule is Cc1ccc2c(c1)C1CC(c3ccc(Cl)cc3)=NN1C1(CCC(C)CC1)O2. The van der Waals surface area contributed by atoms with Crippen LogP contribution in [-0.2, 0) is 0 Å². The number of hydrogen-bond acceptors (Lipinski definition) is 3. The third kappa shape index (κ3) is 2.84. The minimum atomic E-state index is -0.298. The maximum absolute atomic E-state index is 6.68. The predicted octanol–water partition coefficient (Wildman–Crippen LogP) is 6.10. The molecule has 4 heteroatoms. The molecule has 0 N–H and O–H groups in total. The molecule has 2 aliphatic heterocycles. The lowest BCUT2D eigenvalue weighted by molar-refractivity contribution is -0.145. The van der Waals surface area contributed by atoms with Crippen molar-refractivity contribution in [1.29, 1.82) is 0 Å². The summed E-state index contributed by atoms with van der Waals surface area (Å²) in [4.78, 5) is 0. The number of aryl methyl sites for hydroxylation is 1. The first kappa shape index (κ1) is 17.1. The van der Waals surface area contributed by atoms with E-state index in [1.165, 1.54) is 24.0 Å². The van der Waals surface area contributed by atoms with Gasteiger partial charge in [-0.2, -0.15) is 5.10 Å². The van der Waals surface area contributed by atoms with Crippen LogP contribution in [-0.4, -0.2) is 16.4 Å². The summed E-state index contributed by atoms with van der Waals surface area (Å²) in [7, 11) is 0. The maximum Gasteiger partial charge on any atom is 0.198 e. The van der Waals surface area contributed by atoms with Crippen LogP contribution in [0.1, 0.15) is 61.8 Å². The summed E-state index contributed by atoms with van der Waals surface area (Å²) in [6.07, 6.45) is 5.37. The summed E-state index contributed by atoms with van der Waals surface area (Å²) in [5.41, 5.74) is 4.53. The monoisotopic (exact) mass is 380 g/mol. The molecule has 2 aromatic carbocycles. The Labute approximate surface area is 166 Å². The van der Waals surface area contributed by atoms with Crippen molar-refractivity contribution in [3.05, 3.63) is 64.2 Å². The Hall–Kier alpha value is -2.00. The molecule has 0 bridgehead atoms. The van der Waals surface area contributed by atoms with E-state index >= 15 is 0 Å². The number of halogens is 1. The summed E-state index contributed by atoms with van der Waals surface area (Å²) in [5, 5.41) is 8.18. The molecule has 1 spiro atoms. The van der Waals surface area contributed by atoms with Crippen molar-refractivity contribution in [1.82, 2.24) is 5.01 Å². The van der Waals surface area contributed by atoms with Crippen LogP contribution in [0.2, 0.25) is 5.02 Å². The Morgan fingerprint density at radius 2 is 1.85 bits per heavy atom. The van der Waals surface area contributed by atoms with Crippen LogP contribution >= 0.6 is 11.6 Å². The summed E-state index contributed by atoms with van der Waals surface area (Å²) < 4.78 is 6.68. The number of ether oxygens (including phenoxy) is 1. The first-order valence-corrected chi connectivity index (χ1v) is 10.3. The number of fused-ring (bicyclic) bond motifs is 4. The van der Waals surface area contributed by atoms with Gasteiger partial charge < -0.3 is 4.74 Å². The number of rotatable bonds is 1. The number of hydrazone groups is 1. The molecular formula is C23H25ClN2O. The van der Waals surface area contributed by atoms with Crippen LogP contribution in [0.15, 0.2) is 47.6 Å². The van der Waals surface area contributed by atoms with Crippen LogP contribution in [0.5, 0.6) is 5.75 Å². The Balaban J connectivity index is 1.58. The van der Waals surface area contributed by atoms with Crippen molar-refractivity contribution in [2.75, 3.05) is 0 Å². The fourth-order valence-electron chi connectivity index (χ4n) is 4.76. The summed E-state index contributed by atoms with van der Waals surface area (Å²) in [6.45, 7) is 4.49. The number of hydrogen-bond donors (Lipinski definition) is 0. The van der Waals surface area contributed by atoms with E-state index in [1.807, 2.05) is 12.1 Å². The van der Waals surface area contributed by atoms with E-state index < -0.39 is 0 Å². The Morgan fingerprint density at radius 1 is 1.11 bits per heavy atom. The third-order valence-electron chi connectivity index (χ3n) is 6.39. The molecule has 0 amide bonds. The molecule has 0 radical (unpaired) electrons. The van der Waals surface area contributed by atoms with Crippen LogP contribution in [0, 0.1) is 12.8 Å². The standard InChI is InChI=1S/C23H25ClN2O/c1-15-9-11-23(12-10-15)26-21(19-13-16(2)3-8-22(19)27-23)14-20(25-26)17-4-6-18(24)7-5-17/h3-8,13,15,21H,9-12,14H2,1-2H3. The molecule has 2 heterocycles. The fraction of sp³-hybridized carbons (Fsp3) is 0.435. The average molecular weight is 381 g/mol. The first-order chi connectivity index (χ1) is 13.0. The van der Waals surface area contributed by atoms with Gasteiger partial charge in [-0.15, -0.1) is 0 Å². The van der Waals surface area contributed by atoms with E-state index in [0.717, 1.165) is 47.2 Å². The molecule has 5 rings (SSSR count). The van der Waals surface area contributed by atoms with E-state index in [4.69, 9.17) is 21.4 Å². The molecule has 1 unspecified atom stereocenters. The zero-order valence-electron chi connectivity index (χ0n) is 15.9. The normalized spacial score (nSPS) is 29.1. The third-order valence-corrected chi connectivity index (χ3v) is 6.64. The van der Waals surface area contributed by atoms with Crippen LogP contribution < -0.4 is 4.74 Å². The van der Waals surface area contributed by atoms with E-state index in [9.17, 15) is 0 Å². The molecule has 0 saturated heterocycles. The highest BCUT2D eigenvalue weighted by molar-refractivity contribution is 6.30. The molecule has 0 aromatic heterocycles. The fourth-order valence-corrected chi connectivity index (χ4v) is 4.89. The van der Waals surface area contributed by atoms with Crippen LogP contribution in [0.4, 0.5) is 0 Å². The molecule has 1 fully saturated rings. The lowest BCUT2D eigenvalue weighted by Gasteiger charge is -2.50. The quantitative estimate of drug-likeness (QED) is 0.597. The highest BCUT2D eigenvalue weighted by atomic mass is 35.5. The molecule has 1 saturated carbocycles. The van der Waals surface area contributed by atoms with Gasteiger partial charge in [0.05, 0.1) is 11.8 Å². The van der Waals surface area contributed by atoms with Gasteiger partial charge in [-0.1, -0.05) is 48.4 Å². The van der Waals surface area contributed by atoms with Crippen molar-refractivity contribution < 1.29 is 4.74 Å². The molecule has 3 aliphatic rings. The van der Waals surface area contributed by atoms with Gasteiger partial charge in [0.15, 0.2) is 5.72 Å². The molecule has 2 aromatic rings. The van der Waals surface area contributed by atoms with Gasteiger partial charge in [-0.25, -0.2) is 5.01 Å². The van der Waals surface area contributed by atoms with Crippen LogP contribution in [0.3, 0.4) is 0 Å². The highest BCUT2D eigenvalue weighted by Crippen LogP contribution is 2.52. The summed E-state index contributed by atoms with van der Waals surface area (Å²) >= 11 is 6.08. The van der Waals surface area contributed by atoms with Gasteiger partial charge in [0.2, 0.25) is 0 Å². The summed E-state index contributed by atoms with van der Waals surface area (Å²) in [5.74, 6) is 1.81. The molecule has 27 heavy (non-hydrogen) atoms. The lowest BCUT2D eigenvalue weighted by atomic mass is 9.82. The second-order valence-corrected chi connectivity index (χ2v) is 8.83. The van der Waals surface area contributed by atoms with Crippen molar-refractivity contribution in [2.45, 2.75) is 57.7 Å². The van der Waals surface area contributed by atoms with Crippen LogP contribution in [0.25, 0.3) is 0 Å². The topological polar surface area (TPSA) is 24.8 Å². The Bertz CT molecular complexity index is 897. The molecule has 1 atom stereocenters. The molecular weight excluding hydrogens is 356 g/mol. The second-order valence-electron chi connectivity index (χ2n) is 8.39. The van der Waals surface area contributed by atoms with Crippen molar-refractivity contribution >= 4 is 17.3 Å². The van der Waals surface area contributed by atoms with E-state index in [1.54, 1.807) is 0 Å². The molecule has 140 valence electrons. The van der Waals surface area contributed by atoms with Crippen molar-refractivity contribution in [2.24, 2.45) is 11.0 Å². The molecule has 3 nitrogen and oxygen atoms in total. The van der Waals surface area contributed by atoms with Gasteiger partial charge in [0.25, 0.3) is 0 Å². The highest BCUT2D eigenvalue weighted by Gasteiger charge is 2.51. The minimum Gasteiger partial charge on any atom is -0.466 e. The van der Waals surface area contributed by atoms with Gasteiger partial charge in [0.1, 0.15) is 5.75 Å². The van der Waals surface area contributed by atoms with E-state index in [0.29, 0.717) is 0 Å². The largest absolute Gasteiger partial charge is 0.466 e.